The Kier molecular flexibility index (Phi) is 5.54. The summed E-state index contributed by atoms with van der Waals surface area (Å²) >= 11 is 0. The van der Waals surface area contributed by atoms with Crippen molar-refractivity contribution in [3.05, 3.63) is 224 Å². The molecule has 0 amide bonds. The summed E-state index contributed by atoms with van der Waals surface area (Å²) in [6.07, 6.45) is 0. The van der Waals surface area contributed by atoms with Crippen molar-refractivity contribution < 1.29 is 22.2 Å². The predicted molar refractivity (Wildman–Crippen MR) is 245 cm³/mol. The van der Waals surface area contributed by atoms with Crippen molar-refractivity contribution in [2.75, 3.05) is 4.90 Å². The molecule has 11 rings (SSSR count). The highest BCUT2D eigenvalue weighted by molar-refractivity contribution is 6.16. The van der Waals surface area contributed by atoms with E-state index in [4.69, 9.17) is 16.8 Å². The maximum absolute atomic E-state index is 9.76. The van der Waals surface area contributed by atoms with Gasteiger partial charge in [-0.15, -0.1) is 0 Å². The van der Waals surface area contributed by atoms with Gasteiger partial charge in [-0.2, -0.15) is 0 Å². The Morgan fingerprint density at radius 2 is 0.931 bits per heavy atom. The first-order chi connectivity index (χ1) is 34.2. The van der Waals surface area contributed by atoms with Crippen molar-refractivity contribution in [1.82, 2.24) is 0 Å². The Hall–Kier alpha value is -7.68. The third-order valence-electron chi connectivity index (χ3n) is 10.5. The van der Waals surface area contributed by atoms with E-state index in [0.29, 0.717) is 28.1 Å². The molecule has 0 spiro atoms. The van der Waals surface area contributed by atoms with Gasteiger partial charge in [0.2, 0.25) is 0 Å². The van der Waals surface area contributed by atoms with E-state index >= 15 is 0 Å². The summed E-state index contributed by atoms with van der Waals surface area (Å²) in [4.78, 5) is 1.67. The number of fused-ring (bicyclic) bond motifs is 5. The predicted octanol–water partition coefficient (Wildman–Crippen LogP) is 16.0. The Morgan fingerprint density at radius 1 is 0.362 bits per heavy atom. The molecule has 1 heterocycles. The van der Waals surface area contributed by atoms with Crippen LogP contribution in [0, 0.1) is 0 Å². The Labute approximate surface area is 355 Å². The average Bonchev–Trinajstić information content (AvgIpc) is 3.76. The molecule has 11 aromatic rings. The van der Waals surface area contributed by atoms with Gasteiger partial charge in [0, 0.05) is 27.7 Å². The number of para-hydroxylation sites is 1. The lowest BCUT2D eigenvalue weighted by Crippen LogP contribution is -2.11. The molecule has 0 saturated carbocycles. The van der Waals surface area contributed by atoms with Gasteiger partial charge in [0.25, 0.3) is 0 Å². The maximum atomic E-state index is 9.76. The molecule has 272 valence electrons. The summed E-state index contributed by atoms with van der Waals surface area (Å²) in [5.41, 5.74) is 3.34. The third-order valence-corrected chi connectivity index (χ3v) is 10.5. The van der Waals surface area contributed by atoms with Crippen LogP contribution in [-0.4, -0.2) is 0 Å². The van der Waals surface area contributed by atoms with Crippen molar-refractivity contribution in [1.29, 1.82) is 0 Å². The highest BCUT2D eigenvalue weighted by Crippen LogP contribution is 2.46. The summed E-state index contributed by atoms with van der Waals surface area (Å²) in [5, 5.41) is 5.85. The molecular weight excluding hydrogens is 703 g/mol. The van der Waals surface area contributed by atoms with Crippen LogP contribution < -0.4 is 4.90 Å². The topological polar surface area (TPSA) is 16.4 Å². The largest absolute Gasteiger partial charge is 0.456 e. The highest BCUT2D eigenvalue weighted by atomic mass is 16.3. The highest BCUT2D eigenvalue weighted by Gasteiger charge is 2.21. The van der Waals surface area contributed by atoms with Gasteiger partial charge in [-0.05, 0) is 109 Å². The average molecular weight is 753 g/mol. The second-order valence-corrected chi connectivity index (χ2v) is 13.9. The van der Waals surface area contributed by atoms with E-state index in [2.05, 4.69) is 12.1 Å². The van der Waals surface area contributed by atoms with Crippen LogP contribution in [0.2, 0.25) is 0 Å². The fraction of sp³-hybridized carbons (Fsp3) is 0. The van der Waals surface area contributed by atoms with Crippen LogP contribution in [0.3, 0.4) is 0 Å². The molecule has 1 aromatic heterocycles. The summed E-state index contributed by atoms with van der Waals surface area (Å²) < 4.78 is 123. The fourth-order valence-corrected chi connectivity index (χ4v) is 7.77. The van der Waals surface area contributed by atoms with Crippen molar-refractivity contribution in [3.63, 3.8) is 0 Å². The van der Waals surface area contributed by atoms with Gasteiger partial charge in [0.15, 0.2) is 0 Å². The van der Waals surface area contributed by atoms with Crippen LogP contribution in [0.4, 0.5) is 17.1 Å². The van der Waals surface area contributed by atoms with Crippen molar-refractivity contribution >= 4 is 60.5 Å². The number of anilines is 3. The van der Waals surface area contributed by atoms with Crippen LogP contribution >= 0.6 is 0 Å². The first-order valence-corrected chi connectivity index (χ1v) is 18.8. The minimum absolute atomic E-state index is 0.157. The van der Waals surface area contributed by atoms with Crippen LogP contribution in [-0.2, 0) is 0 Å². The van der Waals surface area contributed by atoms with Gasteiger partial charge in [0.1, 0.15) is 11.2 Å². The van der Waals surface area contributed by atoms with Gasteiger partial charge in [-0.25, -0.2) is 0 Å². The molecule has 0 fully saturated rings. The summed E-state index contributed by atoms with van der Waals surface area (Å²) in [6, 6.07) is 38.0. The van der Waals surface area contributed by atoms with Gasteiger partial charge in [-0.1, -0.05) is 176 Å². The molecule has 0 radical (unpaired) electrons. The zero-order valence-corrected chi connectivity index (χ0v) is 30.7. The van der Waals surface area contributed by atoms with Crippen LogP contribution in [0.5, 0.6) is 0 Å². The molecule has 10 aromatic carbocycles. The Morgan fingerprint density at radius 3 is 1.69 bits per heavy atom. The molecule has 0 aliphatic heterocycles. The lowest BCUT2D eigenvalue weighted by molar-refractivity contribution is 0.669. The standard InChI is InChI=1S/C56H37NO/c1-2-12-38(13-3-1)39-24-26-40(27-25-39)41-28-32-46(33-29-41)57(47-34-30-43(31-35-47)49-20-10-17-42-14-6-7-18-48(42)49)53-22-9-8-19-50(53)51-21-11-23-54-56(51)52-36-44-15-4-5-16-45(44)37-55(52)58-54/h1-37H/i1D,2D,3D,12D,13D,24D,25D,26D,27D,28D,29D,32D,33D. The number of nitrogens with zero attached hydrogens (tertiary/aromatic N) is 1. The molecule has 0 unspecified atom stereocenters. The molecule has 0 N–H and O–H groups in total. The zero-order chi connectivity index (χ0) is 49.7. The number of benzene rings is 10. The summed E-state index contributed by atoms with van der Waals surface area (Å²) in [6.45, 7) is 0. The van der Waals surface area contributed by atoms with E-state index in [1.54, 1.807) is 4.90 Å². The van der Waals surface area contributed by atoms with Gasteiger partial charge in [0.05, 0.1) is 23.5 Å². The molecule has 0 aliphatic carbocycles. The lowest BCUT2D eigenvalue weighted by atomic mass is 9.95. The zero-order valence-electron chi connectivity index (χ0n) is 43.7. The number of hydrogen-bond donors (Lipinski definition) is 0. The molecule has 0 bridgehead atoms. The van der Waals surface area contributed by atoms with Gasteiger partial charge < -0.3 is 9.32 Å². The number of hydrogen-bond acceptors (Lipinski definition) is 2. The Balaban J connectivity index is 1.15. The summed E-state index contributed by atoms with van der Waals surface area (Å²) in [7, 11) is 0. The minimum Gasteiger partial charge on any atom is -0.456 e. The van der Waals surface area contributed by atoms with Crippen LogP contribution in [0.25, 0.3) is 88.0 Å². The molecule has 0 atom stereocenters. The van der Waals surface area contributed by atoms with Gasteiger partial charge >= 0.3 is 0 Å². The monoisotopic (exact) mass is 752 g/mol. The van der Waals surface area contributed by atoms with E-state index < -0.39 is 101 Å². The second-order valence-electron chi connectivity index (χ2n) is 13.9. The Bertz CT molecular complexity index is 3960. The maximum Gasteiger partial charge on any atom is 0.136 e. The fourth-order valence-electron chi connectivity index (χ4n) is 7.77. The van der Waals surface area contributed by atoms with Crippen molar-refractivity contribution in [2.24, 2.45) is 0 Å². The van der Waals surface area contributed by atoms with Crippen molar-refractivity contribution in [3.8, 4) is 44.5 Å². The molecule has 0 aliphatic rings. The van der Waals surface area contributed by atoms with Crippen LogP contribution in [0.1, 0.15) is 17.8 Å². The van der Waals surface area contributed by atoms with E-state index in [9.17, 15) is 5.48 Å². The molecular formula is C56H37NO. The number of furan rings is 1. The molecule has 2 heteroatoms. The van der Waals surface area contributed by atoms with Crippen molar-refractivity contribution in [2.45, 2.75) is 0 Å². The van der Waals surface area contributed by atoms with E-state index in [0.717, 1.165) is 49.0 Å². The quantitative estimate of drug-likeness (QED) is 0.161. The molecule has 2 nitrogen and oxygen atoms in total. The third kappa shape index (κ3) is 5.91. The molecule has 58 heavy (non-hydrogen) atoms. The minimum atomic E-state index is -0.781. The van der Waals surface area contributed by atoms with E-state index in [1.165, 1.54) is 0 Å². The smallest absolute Gasteiger partial charge is 0.136 e. The second kappa shape index (κ2) is 14.1. The summed E-state index contributed by atoms with van der Waals surface area (Å²) in [5.74, 6) is 0. The normalized spacial score (nSPS) is 14.6. The van der Waals surface area contributed by atoms with E-state index in [-0.39, 0.29) is 5.69 Å². The lowest BCUT2D eigenvalue weighted by Gasteiger charge is -2.28. The first-order valence-electron chi connectivity index (χ1n) is 25.3. The number of rotatable bonds is 7. The molecule has 0 saturated heterocycles. The van der Waals surface area contributed by atoms with Gasteiger partial charge in [-0.3, -0.25) is 0 Å². The van der Waals surface area contributed by atoms with E-state index in [1.807, 2.05) is 133 Å². The first kappa shape index (κ1) is 22.8. The van der Waals surface area contributed by atoms with Crippen LogP contribution in [0.15, 0.2) is 229 Å². The SMILES string of the molecule is [2H]c1c([2H])c([2H])c(-c2c([2H])c([2H])c(-c3c([2H])c([2H])c(N(c4ccc(-c5cccc6ccccc56)cc4)c4ccccc4-c4cccc5oc6cc7ccccc7cc6c45)c([2H])c3[2H])c([2H])c2[2H])c([2H])c1[2H].